The predicted molar refractivity (Wildman–Crippen MR) is 147 cm³/mol. The van der Waals surface area contributed by atoms with E-state index in [1.54, 1.807) is 12.1 Å². The molecule has 0 atom stereocenters. The molecule has 3 heterocycles. The fraction of sp³-hybridized carbons (Fsp3) is 0.387. The third-order valence-corrected chi connectivity index (χ3v) is 7.38. The van der Waals surface area contributed by atoms with Gasteiger partial charge in [-0.25, -0.2) is 0 Å². The van der Waals surface area contributed by atoms with Gasteiger partial charge in [-0.15, -0.1) is 0 Å². The molecule has 0 unspecified atom stereocenters. The van der Waals surface area contributed by atoms with E-state index in [0.717, 1.165) is 78.3 Å². The smallest absolute Gasteiger partial charge is 0.172 e. The number of aryl methyl sites for hydroxylation is 1. The maximum Gasteiger partial charge on any atom is 0.172 e. The summed E-state index contributed by atoms with van der Waals surface area (Å²) in [6.07, 6.45) is 6.36. The molecule has 1 saturated heterocycles. The van der Waals surface area contributed by atoms with E-state index >= 15 is 0 Å². The van der Waals surface area contributed by atoms with Crippen molar-refractivity contribution in [1.82, 2.24) is 19.9 Å². The van der Waals surface area contributed by atoms with Crippen LogP contribution in [0.15, 0.2) is 65.3 Å². The largest absolute Gasteiger partial charge is 0.489 e. The van der Waals surface area contributed by atoms with Crippen LogP contribution in [0.1, 0.15) is 47.3 Å². The maximum atomic E-state index is 9.02. The zero-order valence-corrected chi connectivity index (χ0v) is 22.3. The fourth-order valence-electron chi connectivity index (χ4n) is 5.24. The normalized spacial score (nSPS) is 14.7. The molecule has 0 bridgehead atoms. The third-order valence-electron chi connectivity index (χ3n) is 7.38. The highest BCUT2D eigenvalue weighted by Gasteiger charge is 2.22. The van der Waals surface area contributed by atoms with Crippen LogP contribution >= 0.6 is 0 Å². The van der Waals surface area contributed by atoms with E-state index in [1.165, 1.54) is 12.8 Å². The lowest BCUT2D eigenvalue weighted by atomic mass is 9.91. The van der Waals surface area contributed by atoms with Gasteiger partial charge in [0.2, 0.25) is 0 Å². The highest BCUT2D eigenvalue weighted by molar-refractivity contribution is 5.83. The van der Waals surface area contributed by atoms with Crippen molar-refractivity contribution < 1.29 is 9.26 Å². The first kappa shape index (κ1) is 25.9. The Balaban J connectivity index is 1.22. The van der Waals surface area contributed by atoms with Gasteiger partial charge in [-0.1, -0.05) is 17.3 Å². The molecule has 0 N–H and O–H groups in total. The maximum absolute atomic E-state index is 9.02. The van der Waals surface area contributed by atoms with Gasteiger partial charge < -0.3 is 14.2 Å². The number of piperidine rings is 1. The van der Waals surface area contributed by atoms with Crippen molar-refractivity contribution in [2.45, 2.75) is 45.4 Å². The van der Waals surface area contributed by atoms with E-state index in [2.05, 4.69) is 64.4 Å². The molecule has 1 aliphatic heterocycles. The van der Waals surface area contributed by atoms with Crippen LogP contribution in [0.3, 0.4) is 0 Å². The Labute approximate surface area is 224 Å². The monoisotopic (exact) mass is 509 g/mol. The summed E-state index contributed by atoms with van der Waals surface area (Å²) in [6.45, 7) is 4.35. The second kappa shape index (κ2) is 12.2. The van der Waals surface area contributed by atoms with Crippen molar-refractivity contribution in [2.75, 3.05) is 27.2 Å². The number of benzene rings is 2. The van der Waals surface area contributed by atoms with Gasteiger partial charge in [0.05, 0.1) is 23.0 Å². The number of ether oxygens (including phenoxy) is 1. The molecule has 2 aromatic heterocycles. The number of fused-ring (bicyclic) bond motifs is 1. The van der Waals surface area contributed by atoms with Crippen LogP contribution in [0.2, 0.25) is 0 Å². The van der Waals surface area contributed by atoms with Crippen molar-refractivity contribution in [3.05, 3.63) is 88.9 Å². The molecule has 0 radical (unpaired) electrons. The van der Waals surface area contributed by atoms with E-state index in [4.69, 9.17) is 14.5 Å². The standard InChI is InChI=1S/C31H35N5O2/c1-35(2)21-29-25(22-37-27-10-6-24(19-32)7-11-27)9-12-28-30(34-38-31(28)29)13-8-23-14-17-36(18-15-23)20-26-5-3-4-16-33-26/h3-7,9-12,16,23H,8,13-15,17-18,20-22H2,1-2H3. The summed E-state index contributed by atoms with van der Waals surface area (Å²) in [5, 5.41) is 14.6. The highest BCUT2D eigenvalue weighted by atomic mass is 16.5. The fourth-order valence-corrected chi connectivity index (χ4v) is 5.24. The summed E-state index contributed by atoms with van der Waals surface area (Å²) in [5.74, 6) is 1.45. The van der Waals surface area contributed by atoms with E-state index in [0.29, 0.717) is 18.1 Å². The van der Waals surface area contributed by atoms with Gasteiger partial charge in [0.1, 0.15) is 12.4 Å². The van der Waals surface area contributed by atoms with Crippen LogP contribution in [0.5, 0.6) is 5.75 Å². The number of pyridine rings is 1. The second-order valence-electron chi connectivity index (χ2n) is 10.5. The van der Waals surface area contributed by atoms with Crippen LogP contribution in [-0.2, 0) is 26.1 Å². The number of aromatic nitrogens is 2. The van der Waals surface area contributed by atoms with E-state index in [9.17, 15) is 0 Å². The molecule has 0 aliphatic carbocycles. The number of hydrogen-bond donors (Lipinski definition) is 0. The first-order valence-corrected chi connectivity index (χ1v) is 13.4. The van der Waals surface area contributed by atoms with Crippen molar-refractivity contribution in [2.24, 2.45) is 5.92 Å². The summed E-state index contributed by atoms with van der Waals surface area (Å²) < 4.78 is 12.0. The molecule has 5 rings (SSSR count). The number of nitrogens with zero attached hydrogens (tertiary/aromatic N) is 5. The molecular formula is C31H35N5O2. The molecule has 7 heteroatoms. The Morgan fingerprint density at radius 3 is 2.61 bits per heavy atom. The van der Waals surface area contributed by atoms with Gasteiger partial charge in [-0.2, -0.15) is 5.26 Å². The van der Waals surface area contributed by atoms with Crippen molar-refractivity contribution in [3.8, 4) is 11.8 Å². The molecule has 196 valence electrons. The topological polar surface area (TPSA) is 78.4 Å². The lowest BCUT2D eigenvalue weighted by Crippen LogP contribution is -2.33. The van der Waals surface area contributed by atoms with Gasteiger partial charge in [0.15, 0.2) is 5.58 Å². The average molecular weight is 510 g/mol. The van der Waals surface area contributed by atoms with E-state index in [-0.39, 0.29) is 0 Å². The number of rotatable bonds is 10. The Morgan fingerprint density at radius 1 is 1.08 bits per heavy atom. The van der Waals surface area contributed by atoms with Crippen LogP contribution in [0.4, 0.5) is 0 Å². The second-order valence-corrected chi connectivity index (χ2v) is 10.5. The Hall–Kier alpha value is -3.73. The van der Waals surface area contributed by atoms with E-state index in [1.807, 2.05) is 24.4 Å². The van der Waals surface area contributed by atoms with Crippen molar-refractivity contribution >= 4 is 11.0 Å². The lowest BCUT2D eigenvalue weighted by Gasteiger charge is -2.31. The van der Waals surface area contributed by atoms with Gasteiger partial charge >= 0.3 is 0 Å². The minimum Gasteiger partial charge on any atom is -0.489 e. The van der Waals surface area contributed by atoms with Crippen LogP contribution in [0.25, 0.3) is 11.0 Å². The van der Waals surface area contributed by atoms with Gasteiger partial charge in [0.25, 0.3) is 0 Å². The van der Waals surface area contributed by atoms with E-state index < -0.39 is 0 Å². The molecule has 1 aliphatic rings. The summed E-state index contributed by atoms with van der Waals surface area (Å²) in [7, 11) is 4.11. The van der Waals surface area contributed by atoms with Crippen molar-refractivity contribution in [1.29, 1.82) is 5.26 Å². The average Bonchev–Trinajstić information content (AvgIpc) is 3.36. The summed E-state index contributed by atoms with van der Waals surface area (Å²) in [6, 6.07) is 19.8. The van der Waals surface area contributed by atoms with Crippen LogP contribution in [0, 0.1) is 17.2 Å². The van der Waals surface area contributed by atoms with Crippen LogP contribution in [-0.4, -0.2) is 47.1 Å². The SMILES string of the molecule is CN(C)Cc1c(COc2ccc(C#N)cc2)ccc2c(CCC3CCN(Cc4ccccn4)CC3)noc12. The Kier molecular flexibility index (Phi) is 8.32. The molecule has 0 saturated carbocycles. The van der Waals surface area contributed by atoms with Gasteiger partial charge in [-0.3, -0.25) is 9.88 Å². The zero-order chi connectivity index (χ0) is 26.3. The lowest BCUT2D eigenvalue weighted by molar-refractivity contribution is 0.170. The zero-order valence-electron chi connectivity index (χ0n) is 22.3. The first-order valence-electron chi connectivity index (χ1n) is 13.4. The molecule has 0 amide bonds. The molecule has 7 nitrogen and oxygen atoms in total. The van der Waals surface area contributed by atoms with Crippen molar-refractivity contribution in [3.63, 3.8) is 0 Å². The third kappa shape index (κ3) is 6.39. The molecule has 1 fully saturated rings. The van der Waals surface area contributed by atoms with Gasteiger partial charge in [-0.05, 0) is 107 Å². The molecule has 38 heavy (non-hydrogen) atoms. The number of likely N-dealkylation sites (tertiary alicyclic amines) is 1. The number of hydrogen-bond acceptors (Lipinski definition) is 7. The minimum absolute atomic E-state index is 0.429. The molecule has 4 aromatic rings. The first-order chi connectivity index (χ1) is 18.6. The molecule has 2 aromatic carbocycles. The summed E-state index contributed by atoms with van der Waals surface area (Å²) >= 11 is 0. The summed E-state index contributed by atoms with van der Waals surface area (Å²) in [4.78, 5) is 9.13. The molecule has 0 spiro atoms. The minimum atomic E-state index is 0.429. The highest BCUT2D eigenvalue weighted by Crippen LogP contribution is 2.30. The quantitative estimate of drug-likeness (QED) is 0.276. The Bertz CT molecular complexity index is 1370. The van der Waals surface area contributed by atoms with Crippen LogP contribution < -0.4 is 4.74 Å². The molecular weight excluding hydrogens is 474 g/mol. The predicted octanol–water partition coefficient (Wildman–Crippen LogP) is 5.58. The summed E-state index contributed by atoms with van der Waals surface area (Å²) in [5.41, 5.74) is 5.88. The Morgan fingerprint density at radius 2 is 1.89 bits per heavy atom. The van der Waals surface area contributed by atoms with Gasteiger partial charge in [0, 0.05) is 30.2 Å². The number of nitriles is 1.